The van der Waals surface area contributed by atoms with Gasteiger partial charge >= 0.3 is 11.9 Å². The van der Waals surface area contributed by atoms with Gasteiger partial charge in [0, 0.05) is 17.3 Å². The number of rotatable bonds is 10. The summed E-state index contributed by atoms with van der Waals surface area (Å²) in [5, 5.41) is 12.3. The van der Waals surface area contributed by atoms with Crippen molar-refractivity contribution in [3.8, 4) is 5.75 Å². The van der Waals surface area contributed by atoms with E-state index in [4.69, 9.17) is 25.8 Å². The Hall–Kier alpha value is -3.57. The molecule has 1 aromatic heterocycles. The van der Waals surface area contributed by atoms with Gasteiger partial charge in [-0.3, -0.25) is 4.79 Å². The fraction of sp³-hybridized carbons (Fsp3) is 0.292. The Morgan fingerprint density at radius 1 is 1.06 bits per heavy atom. The number of nitrogens with one attached hydrogen (secondary N) is 1. The second kappa shape index (κ2) is 12.4. The molecule has 190 valence electrons. The summed E-state index contributed by atoms with van der Waals surface area (Å²) in [5.74, 6) is -0.443. The van der Waals surface area contributed by atoms with Gasteiger partial charge in [0.05, 0.1) is 31.1 Å². The van der Waals surface area contributed by atoms with Gasteiger partial charge < -0.3 is 24.1 Å². The number of hydrogen-bond acceptors (Lipinski definition) is 9. The van der Waals surface area contributed by atoms with Crippen LogP contribution in [-0.2, 0) is 20.8 Å². The third-order valence-corrected chi connectivity index (χ3v) is 6.13. The molecule has 0 spiro atoms. The predicted molar refractivity (Wildman–Crippen MR) is 135 cm³/mol. The highest BCUT2D eigenvalue weighted by atomic mass is 35.5. The Kier molecular flexibility index (Phi) is 9.31. The lowest BCUT2D eigenvalue weighted by Crippen LogP contribution is -2.17. The van der Waals surface area contributed by atoms with Crippen molar-refractivity contribution >= 4 is 46.9 Å². The molecule has 1 heterocycles. The third-order valence-electron chi connectivity index (χ3n) is 4.93. The molecule has 0 aliphatic rings. The van der Waals surface area contributed by atoms with Gasteiger partial charge in [-0.2, -0.15) is 0 Å². The summed E-state index contributed by atoms with van der Waals surface area (Å²) in [6.07, 6.45) is -0.406. The van der Waals surface area contributed by atoms with Crippen LogP contribution < -0.4 is 10.1 Å². The summed E-state index contributed by atoms with van der Waals surface area (Å²) in [4.78, 5) is 36.6. The first kappa shape index (κ1) is 27.0. The fourth-order valence-electron chi connectivity index (χ4n) is 3.30. The number of carbonyl (C=O) groups is 3. The lowest BCUT2D eigenvalue weighted by molar-refractivity contribution is -0.113. The van der Waals surface area contributed by atoms with E-state index in [0.29, 0.717) is 28.3 Å². The van der Waals surface area contributed by atoms with E-state index in [-0.39, 0.29) is 28.5 Å². The number of anilines is 1. The molecule has 3 aromatic rings. The van der Waals surface area contributed by atoms with E-state index in [9.17, 15) is 14.4 Å². The number of hydrogen-bond donors (Lipinski definition) is 1. The zero-order valence-electron chi connectivity index (χ0n) is 20.1. The molecule has 10 nitrogen and oxygen atoms in total. The third kappa shape index (κ3) is 6.76. The van der Waals surface area contributed by atoms with Crippen molar-refractivity contribution in [1.29, 1.82) is 0 Å². The fourth-order valence-corrected chi connectivity index (χ4v) is 4.29. The molecule has 1 atom stereocenters. The van der Waals surface area contributed by atoms with Crippen molar-refractivity contribution in [1.82, 2.24) is 14.8 Å². The monoisotopic (exact) mass is 532 g/mol. The number of esters is 2. The van der Waals surface area contributed by atoms with E-state index < -0.39 is 18.0 Å². The first-order chi connectivity index (χ1) is 17.2. The van der Waals surface area contributed by atoms with Crippen LogP contribution in [0.25, 0.3) is 0 Å². The number of benzene rings is 2. The van der Waals surface area contributed by atoms with E-state index >= 15 is 0 Å². The zero-order chi connectivity index (χ0) is 26.2. The van der Waals surface area contributed by atoms with Crippen molar-refractivity contribution in [2.75, 3.05) is 25.3 Å². The minimum absolute atomic E-state index is 0.0116. The molecular weight excluding hydrogens is 508 g/mol. The summed E-state index contributed by atoms with van der Waals surface area (Å²) < 4.78 is 17.2. The molecule has 0 saturated carbocycles. The second-order valence-electron chi connectivity index (χ2n) is 7.42. The average Bonchev–Trinajstić information content (AvgIpc) is 3.29. The highest BCUT2D eigenvalue weighted by Gasteiger charge is 2.20. The maximum atomic E-state index is 12.6. The SMILES string of the molecule is CCn1c(SCC(=O)Nc2cc(C(=O)OC)cc(C(=O)OC)c2)nnc1C(C)Oc1cccc(Cl)c1. The van der Waals surface area contributed by atoms with Gasteiger partial charge in [0.25, 0.3) is 0 Å². The molecule has 2 aromatic carbocycles. The maximum absolute atomic E-state index is 12.6. The first-order valence-corrected chi connectivity index (χ1v) is 12.2. The van der Waals surface area contributed by atoms with Gasteiger partial charge in [-0.05, 0) is 50.2 Å². The normalized spacial score (nSPS) is 11.5. The Bertz CT molecular complexity index is 1230. The van der Waals surface area contributed by atoms with E-state index in [1.54, 1.807) is 24.3 Å². The van der Waals surface area contributed by atoms with Crippen LogP contribution in [0.3, 0.4) is 0 Å². The number of amides is 1. The maximum Gasteiger partial charge on any atom is 0.337 e. The average molecular weight is 533 g/mol. The summed E-state index contributed by atoms with van der Waals surface area (Å²) >= 11 is 7.22. The minimum Gasteiger partial charge on any atom is -0.483 e. The molecule has 0 fully saturated rings. The Labute approximate surface area is 217 Å². The van der Waals surface area contributed by atoms with Crippen LogP contribution in [-0.4, -0.2) is 52.6 Å². The van der Waals surface area contributed by atoms with Crippen LogP contribution in [0.15, 0.2) is 47.6 Å². The Morgan fingerprint density at radius 3 is 2.31 bits per heavy atom. The number of methoxy groups -OCH3 is 2. The van der Waals surface area contributed by atoms with E-state index in [2.05, 4.69) is 15.5 Å². The lowest BCUT2D eigenvalue weighted by Gasteiger charge is -2.15. The van der Waals surface area contributed by atoms with E-state index in [1.165, 1.54) is 44.2 Å². The van der Waals surface area contributed by atoms with Crippen LogP contribution in [0.5, 0.6) is 5.75 Å². The van der Waals surface area contributed by atoms with Crippen LogP contribution in [0, 0.1) is 0 Å². The number of halogens is 1. The molecule has 0 bridgehead atoms. The van der Waals surface area contributed by atoms with E-state index in [1.807, 2.05) is 18.4 Å². The van der Waals surface area contributed by atoms with Crippen molar-refractivity contribution in [3.05, 3.63) is 64.4 Å². The Balaban J connectivity index is 1.69. The molecule has 0 aliphatic carbocycles. The van der Waals surface area contributed by atoms with Crippen molar-refractivity contribution < 1.29 is 28.6 Å². The lowest BCUT2D eigenvalue weighted by atomic mass is 10.1. The highest BCUT2D eigenvalue weighted by Crippen LogP contribution is 2.26. The number of thioether (sulfide) groups is 1. The van der Waals surface area contributed by atoms with Crippen molar-refractivity contribution in [3.63, 3.8) is 0 Å². The molecule has 1 unspecified atom stereocenters. The van der Waals surface area contributed by atoms with Gasteiger partial charge in [-0.15, -0.1) is 10.2 Å². The van der Waals surface area contributed by atoms with Gasteiger partial charge in [0.15, 0.2) is 17.1 Å². The van der Waals surface area contributed by atoms with Gasteiger partial charge in [0.1, 0.15) is 5.75 Å². The molecule has 1 N–H and O–H groups in total. The van der Waals surface area contributed by atoms with Crippen LogP contribution in [0.2, 0.25) is 5.02 Å². The molecule has 3 rings (SSSR count). The largest absolute Gasteiger partial charge is 0.483 e. The standard InChI is InChI=1S/C24H25ClN4O6S/c1-5-29-21(14(2)35-19-8-6-7-17(25)12-19)27-28-24(29)36-13-20(30)26-18-10-15(22(31)33-3)9-16(11-18)23(32)34-4/h6-12,14H,5,13H2,1-4H3,(H,26,30). The Morgan fingerprint density at radius 2 is 1.72 bits per heavy atom. The first-order valence-electron chi connectivity index (χ1n) is 10.8. The van der Waals surface area contributed by atoms with Gasteiger partial charge in [0.2, 0.25) is 5.91 Å². The van der Waals surface area contributed by atoms with Crippen molar-refractivity contribution in [2.24, 2.45) is 0 Å². The van der Waals surface area contributed by atoms with Crippen LogP contribution in [0.4, 0.5) is 5.69 Å². The molecule has 0 saturated heterocycles. The highest BCUT2D eigenvalue weighted by molar-refractivity contribution is 7.99. The summed E-state index contributed by atoms with van der Waals surface area (Å²) in [6, 6.07) is 11.2. The smallest absolute Gasteiger partial charge is 0.337 e. The summed E-state index contributed by atoms with van der Waals surface area (Å²) in [6.45, 7) is 4.36. The quantitative estimate of drug-likeness (QED) is 0.299. The van der Waals surface area contributed by atoms with Crippen LogP contribution >= 0.6 is 23.4 Å². The molecule has 1 amide bonds. The van der Waals surface area contributed by atoms with Gasteiger partial charge in [-0.25, -0.2) is 9.59 Å². The predicted octanol–water partition coefficient (Wildman–Crippen LogP) is 4.40. The molecule has 12 heteroatoms. The number of nitrogens with zero attached hydrogens (tertiary/aromatic N) is 3. The molecule has 0 radical (unpaired) electrons. The van der Waals surface area contributed by atoms with E-state index in [0.717, 1.165) is 0 Å². The summed E-state index contributed by atoms with van der Waals surface area (Å²) in [5.41, 5.74) is 0.463. The minimum atomic E-state index is -0.650. The van der Waals surface area contributed by atoms with Gasteiger partial charge in [-0.1, -0.05) is 29.4 Å². The molecule has 0 aliphatic heterocycles. The number of ether oxygens (including phenoxy) is 3. The molecular formula is C24H25ClN4O6S. The van der Waals surface area contributed by atoms with Crippen molar-refractivity contribution in [2.45, 2.75) is 31.7 Å². The van der Waals surface area contributed by atoms with Crippen LogP contribution in [0.1, 0.15) is 46.5 Å². The number of carbonyl (C=O) groups excluding carboxylic acids is 3. The summed E-state index contributed by atoms with van der Waals surface area (Å²) in [7, 11) is 2.45. The molecule has 36 heavy (non-hydrogen) atoms. The topological polar surface area (TPSA) is 122 Å². The zero-order valence-corrected chi connectivity index (χ0v) is 21.7. The second-order valence-corrected chi connectivity index (χ2v) is 8.80. The number of aromatic nitrogens is 3.